The molecule has 1 aliphatic carbocycles. The van der Waals surface area contributed by atoms with Gasteiger partial charge in [0.25, 0.3) is 0 Å². The summed E-state index contributed by atoms with van der Waals surface area (Å²) in [6, 6.07) is 0.466. The van der Waals surface area contributed by atoms with E-state index in [1.54, 1.807) is 0 Å². The summed E-state index contributed by atoms with van der Waals surface area (Å²) in [5.41, 5.74) is 5.81. The van der Waals surface area contributed by atoms with Gasteiger partial charge >= 0.3 is 0 Å². The lowest BCUT2D eigenvalue weighted by Gasteiger charge is -2.19. The molecule has 104 valence electrons. The van der Waals surface area contributed by atoms with Gasteiger partial charge in [0, 0.05) is 19.1 Å². The zero-order chi connectivity index (χ0) is 13.2. The number of aromatic nitrogens is 3. The maximum Gasteiger partial charge on any atom is 0.231 e. The van der Waals surface area contributed by atoms with Crippen LogP contribution in [0.25, 0.3) is 0 Å². The second-order valence-corrected chi connectivity index (χ2v) is 5.67. The third-order valence-electron chi connectivity index (χ3n) is 4.21. The predicted octanol–water partition coefficient (Wildman–Crippen LogP) is 1.65. The molecule has 1 aromatic heterocycles. The fourth-order valence-corrected chi connectivity index (χ4v) is 3.03. The highest BCUT2D eigenvalue weighted by Crippen LogP contribution is 2.27. The zero-order valence-corrected chi connectivity index (χ0v) is 11.5. The highest BCUT2D eigenvalue weighted by Gasteiger charge is 2.24. The Bertz CT molecular complexity index is 443. The molecule has 2 aliphatic rings. The Morgan fingerprint density at radius 2 is 1.89 bits per heavy atom. The molecule has 2 unspecified atom stereocenters. The fourth-order valence-electron chi connectivity index (χ4n) is 3.03. The monoisotopic (exact) mass is 262 g/mol. The van der Waals surface area contributed by atoms with Gasteiger partial charge in [-0.05, 0) is 31.6 Å². The first-order valence-electron chi connectivity index (χ1n) is 7.25. The lowest BCUT2D eigenvalue weighted by Crippen LogP contribution is -2.26. The number of anilines is 3. The fraction of sp³-hybridized carbons (Fsp3) is 0.769. The molecule has 1 aliphatic heterocycles. The number of hydrogen-bond donors (Lipinski definition) is 2. The third-order valence-corrected chi connectivity index (χ3v) is 4.21. The number of nitrogens with zero attached hydrogens (tertiary/aromatic N) is 4. The van der Waals surface area contributed by atoms with Crippen LogP contribution in [0.4, 0.5) is 17.8 Å². The minimum Gasteiger partial charge on any atom is -0.368 e. The van der Waals surface area contributed by atoms with Crippen LogP contribution in [0.2, 0.25) is 0 Å². The van der Waals surface area contributed by atoms with Crippen LogP contribution in [-0.2, 0) is 0 Å². The van der Waals surface area contributed by atoms with E-state index in [2.05, 4.69) is 32.1 Å². The van der Waals surface area contributed by atoms with E-state index in [4.69, 9.17) is 5.73 Å². The van der Waals surface area contributed by atoms with E-state index in [1.165, 1.54) is 32.1 Å². The summed E-state index contributed by atoms with van der Waals surface area (Å²) in [5, 5.41) is 3.43. The molecule has 2 heterocycles. The van der Waals surface area contributed by atoms with E-state index in [1.807, 2.05) is 0 Å². The average molecular weight is 262 g/mol. The molecule has 0 bridgehead atoms. The number of hydrogen-bond acceptors (Lipinski definition) is 6. The molecule has 1 aromatic rings. The van der Waals surface area contributed by atoms with Crippen LogP contribution in [-0.4, -0.2) is 34.1 Å². The number of nitrogens with two attached hydrogens (primary N) is 1. The molecule has 2 atom stereocenters. The van der Waals surface area contributed by atoms with Gasteiger partial charge in [-0.15, -0.1) is 0 Å². The molecule has 3 rings (SSSR count). The van der Waals surface area contributed by atoms with Gasteiger partial charge in [0.05, 0.1) is 0 Å². The van der Waals surface area contributed by atoms with Crippen molar-refractivity contribution >= 4 is 17.8 Å². The van der Waals surface area contributed by atoms with Crippen LogP contribution < -0.4 is 16.0 Å². The molecule has 6 heteroatoms. The molecule has 1 saturated carbocycles. The van der Waals surface area contributed by atoms with Crippen molar-refractivity contribution in [3.8, 4) is 0 Å². The lowest BCUT2D eigenvalue weighted by molar-refractivity contribution is 0.553. The van der Waals surface area contributed by atoms with Gasteiger partial charge in [0.2, 0.25) is 17.8 Å². The maximum atomic E-state index is 5.81. The van der Waals surface area contributed by atoms with E-state index in [-0.39, 0.29) is 0 Å². The standard InChI is InChI=1S/C13H22N6/c1-9-5-4-6-10(9)15-12-16-11(14)17-13(18-12)19-7-2-3-8-19/h9-10H,2-8H2,1H3,(H3,14,15,16,17,18). The van der Waals surface area contributed by atoms with Crippen molar-refractivity contribution in [1.82, 2.24) is 15.0 Å². The molecule has 0 amide bonds. The smallest absolute Gasteiger partial charge is 0.231 e. The molecule has 0 aromatic carbocycles. The van der Waals surface area contributed by atoms with E-state index >= 15 is 0 Å². The first kappa shape index (κ1) is 12.4. The molecule has 1 saturated heterocycles. The topological polar surface area (TPSA) is 80.0 Å². The van der Waals surface area contributed by atoms with Crippen molar-refractivity contribution in [2.75, 3.05) is 29.0 Å². The molecule has 2 fully saturated rings. The Kier molecular flexibility index (Phi) is 3.40. The number of nitrogens with one attached hydrogen (secondary N) is 1. The molecular weight excluding hydrogens is 240 g/mol. The quantitative estimate of drug-likeness (QED) is 0.862. The first-order valence-corrected chi connectivity index (χ1v) is 7.25. The highest BCUT2D eigenvalue weighted by molar-refractivity contribution is 5.43. The summed E-state index contributed by atoms with van der Waals surface area (Å²) < 4.78 is 0. The molecule has 0 radical (unpaired) electrons. The maximum absolute atomic E-state index is 5.81. The van der Waals surface area contributed by atoms with Crippen molar-refractivity contribution in [3.05, 3.63) is 0 Å². The summed E-state index contributed by atoms with van der Waals surface area (Å²) in [6.07, 6.45) is 6.14. The molecule has 6 nitrogen and oxygen atoms in total. The van der Waals surface area contributed by atoms with Gasteiger partial charge in [-0.3, -0.25) is 0 Å². The van der Waals surface area contributed by atoms with Gasteiger partial charge in [-0.2, -0.15) is 15.0 Å². The third kappa shape index (κ3) is 2.72. The van der Waals surface area contributed by atoms with Gasteiger partial charge in [-0.1, -0.05) is 13.3 Å². The largest absolute Gasteiger partial charge is 0.368 e. The van der Waals surface area contributed by atoms with Crippen molar-refractivity contribution in [2.45, 2.75) is 45.1 Å². The Hall–Kier alpha value is -1.59. The van der Waals surface area contributed by atoms with Crippen LogP contribution in [0.1, 0.15) is 39.0 Å². The summed E-state index contributed by atoms with van der Waals surface area (Å²) in [7, 11) is 0. The van der Waals surface area contributed by atoms with E-state index in [9.17, 15) is 0 Å². The Balaban J connectivity index is 1.77. The summed E-state index contributed by atoms with van der Waals surface area (Å²) in [4.78, 5) is 15.2. The van der Waals surface area contributed by atoms with Crippen LogP contribution in [0.15, 0.2) is 0 Å². The molecular formula is C13H22N6. The van der Waals surface area contributed by atoms with Crippen LogP contribution in [0.5, 0.6) is 0 Å². The summed E-state index contributed by atoms with van der Waals surface area (Å²) in [6.45, 7) is 4.31. The second kappa shape index (κ2) is 5.19. The second-order valence-electron chi connectivity index (χ2n) is 5.67. The summed E-state index contributed by atoms with van der Waals surface area (Å²) >= 11 is 0. The SMILES string of the molecule is CC1CCCC1Nc1nc(N)nc(N2CCCC2)n1. The summed E-state index contributed by atoms with van der Waals surface area (Å²) in [5.74, 6) is 2.34. The van der Waals surface area contributed by atoms with E-state index in [0.29, 0.717) is 23.9 Å². The van der Waals surface area contributed by atoms with Crippen LogP contribution in [0, 0.1) is 5.92 Å². The zero-order valence-electron chi connectivity index (χ0n) is 11.5. The minimum absolute atomic E-state index is 0.310. The molecule has 19 heavy (non-hydrogen) atoms. The average Bonchev–Trinajstić information content (AvgIpc) is 3.01. The van der Waals surface area contributed by atoms with Crippen LogP contribution in [0.3, 0.4) is 0 Å². The van der Waals surface area contributed by atoms with E-state index in [0.717, 1.165) is 19.0 Å². The van der Waals surface area contributed by atoms with Gasteiger partial charge < -0.3 is 16.0 Å². The van der Waals surface area contributed by atoms with Gasteiger partial charge in [0.15, 0.2) is 0 Å². The Morgan fingerprint density at radius 3 is 2.58 bits per heavy atom. The van der Waals surface area contributed by atoms with Crippen molar-refractivity contribution in [1.29, 1.82) is 0 Å². The van der Waals surface area contributed by atoms with E-state index < -0.39 is 0 Å². The highest BCUT2D eigenvalue weighted by atomic mass is 15.3. The number of rotatable bonds is 3. The van der Waals surface area contributed by atoms with Gasteiger partial charge in [0.1, 0.15) is 0 Å². The lowest BCUT2D eigenvalue weighted by atomic mass is 10.1. The normalized spacial score (nSPS) is 26.9. The molecule has 0 spiro atoms. The predicted molar refractivity (Wildman–Crippen MR) is 76.1 cm³/mol. The first-order chi connectivity index (χ1) is 9.22. The number of nitrogen functional groups attached to an aromatic ring is 1. The van der Waals surface area contributed by atoms with Crippen molar-refractivity contribution in [2.24, 2.45) is 5.92 Å². The molecule has 3 N–H and O–H groups in total. The van der Waals surface area contributed by atoms with Crippen molar-refractivity contribution in [3.63, 3.8) is 0 Å². The Morgan fingerprint density at radius 1 is 1.11 bits per heavy atom. The minimum atomic E-state index is 0.310. The van der Waals surface area contributed by atoms with Crippen molar-refractivity contribution < 1.29 is 0 Å². The van der Waals surface area contributed by atoms with Crippen LogP contribution >= 0.6 is 0 Å². The van der Waals surface area contributed by atoms with Gasteiger partial charge in [-0.25, -0.2) is 0 Å². The Labute approximate surface area is 113 Å².